The lowest BCUT2D eigenvalue weighted by molar-refractivity contribution is 0.0782. The Morgan fingerprint density at radius 3 is 2.29 bits per heavy atom. The molecule has 0 bridgehead atoms. The fourth-order valence-corrected chi connectivity index (χ4v) is 2.96. The molecule has 1 amide bonds. The highest BCUT2D eigenvalue weighted by molar-refractivity contribution is 9.10. The van der Waals surface area contributed by atoms with E-state index >= 15 is 0 Å². The molecule has 0 atom stereocenters. The molecule has 3 aromatic carbocycles. The smallest absolute Gasteiger partial charge is 0.257 e. The van der Waals surface area contributed by atoms with Gasteiger partial charge in [0.1, 0.15) is 5.75 Å². The maximum atomic E-state index is 12.9. The summed E-state index contributed by atoms with van der Waals surface area (Å²) in [5.41, 5.74) is 1.66. The van der Waals surface area contributed by atoms with E-state index in [2.05, 4.69) is 15.9 Å². The highest BCUT2D eigenvalue weighted by atomic mass is 79.9. The molecule has 0 saturated carbocycles. The van der Waals surface area contributed by atoms with Gasteiger partial charge in [-0.3, -0.25) is 4.79 Å². The first kappa shape index (κ1) is 16.5. The van der Waals surface area contributed by atoms with Gasteiger partial charge in [0, 0.05) is 18.1 Å². The zero-order chi connectivity index (χ0) is 17.1. The number of hydrogen-bond acceptors (Lipinski definition) is 2. The molecule has 4 heteroatoms. The van der Waals surface area contributed by atoms with E-state index in [-0.39, 0.29) is 5.91 Å². The minimum absolute atomic E-state index is 0.0551. The number of rotatable bonds is 4. The first-order valence-electron chi connectivity index (χ1n) is 7.65. The summed E-state index contributed by atoms with van der Waals surface area (Å²) < 4.78 is 6.46. The quantitative estimate of drug-likeness (QED) is 0.642. The van der Waals surface area contributed by atoms with Crippen LogP contribution in [0.3, 0.4) is 0 Å². The Morgan fingerprint density at radius 2 is 1.67 bits per heavy atom. The second-order valence-electron chi connectivity index (χ2n) is 5.69. The van der Waals surface area contributed by atoms with Crippen LogP contribution in [0.4, 0.5) is 0 Å². The molecule has 0 aromatic heterocycles. The number of benzene rings is 3. The fraction of sp³-hybridized carbons (Fsp3) is 0.150. The molecule has 0 saturated heterocycles. The van der Waals surface area contributed by atoms with Gasteiger partial charge in [-0.2, -0.15) is 0 Å². The Balaban J connectivity index is 1.90. The van der Waals surface area contributed by atoms with Crippen LogP contribution in [0.25, 0.3) is 10.8 Å². The third-order valence-electron chi connectivity index (χ3n) is 3.98. The van der Waals surface area contributed by atoms with Gasteiger partial charge in [0.25, 0.3) is 5.91 Å². The van der Waals surface area contributed by atoms with Gasteiger partial charge in [-0.05, 0) is 40.6 Å². The van der Waals surface area contributed by atoms with Crippen LogP contribution in [-0.4, -0.2) is 25.0 Å². The molecule has 0 unspecified atom stereocenters. The van der Waals surface area contributed by atoms with Gasteiger partial charge in [0.15, 0.2) is 0 Å². The summed E-state index contributed by atoms with van der Waals surface area (Å²) >= 11 is 3.42. The zero-order valence-corrected chi connectivity index (χ0v) is 15.2. The molecule has 0 heterocycles. The number of halogens is 1. The Bertz CT molecular complexity index is 874. The molecule has 0 radical (unpaired) electrons. The molecule has 24 heavy (non-hydrogen) atoms. The van der Waals surface area contributed by atoms with Crippen molar-refractivity contribution in [2.24, 2.45) is 0 Å². The number of ether oxygens (including phenoxy) is 1. The molecular weight excluding hydrogens is 366 g/mol. The number of carbonyl (C=O) groups is 1. The molecule has 3 rings (SSSR count). The fourth-order valence-electron chi connectivity index (χ4n) is 2.70. The van der Waals surface area contributed by atoms with Crippen molar-refractivity contribution < 1.29 is 9.53 Å². The molecule has 0 N–H and O–H groups in total. The zero-order valence-electron chi connectivity index (χ0n) is 13.6. The Hall–Kier alpha value is -2.33. The normalized spacial score (nSPS) is 10.6. The van der Waals surface area contributed by atoms with E-state index in [1.54, 1.807) is 19.1 Å². The van der Waals surface area contributed by atoms with Crippen LogP contribution < -0.4 is 4.74 Å². The highest BCUT2D eigenvalue weighted by Gasteiger charge is 2.18. The van der Waals surface area contributed by atoms with Gasteiger partial charge in [-0.15, -0.1) is 0 Å². The lowest BCUT2D eigenvalue weighted by Crippen LogP contribution is -2.26. The van der Waals surface area contributed by atoms with Crippen LogP contribution in [0.1, 0.15) is 15.9 Å². The SMILES string of the molecule is COc1cc2ccccc2cc1C(=O)N(C)Cc1ccc(Br)cc1. The molecule has 0 spiro atoms. The van der Waals surface area contributed by atoms with Crippen molar-refractivity contribution in [2.75, 3.05) is 14.2 Å². The van der Waals surface area contributed by atoms with E-state index in [9.17, 15) is 4.79 Å². The van der Waals surface area contributed by atoms with Gasteiger partial charge in [0.2, 0.25) is 0 Å². The van der Waals surface area contributed by atoms with Crippen molar-refractivity contribution in [3.63, 3.8) is 0 Å². The Kier molecular flexibility index (Phi) is 4.86. The third kappa shape index (κ3) is 3.44. The highest BCUT2D eigenvalue weighted by Crippen LogP contribution is 2.27. The van der Waals surface area contributed by atoms with Crippen LogP contribution in [-0.2, 0) is 6.54 Å². The van der Waals surface area contributed by atoms with Crippen LogP contribution in [0.15, 0.2) is 65.1 Å². The third-order valence-corrected chi connectivity index (χ3v) is 4.51. The summed E-state index contributed by atoms with van der Waals surface area (Å²) in [5.74, 6) is 0.543. The van der Waals surface area contributed by atoms with E-state index in [1.807, 2.05) is 60.7 Å². The van der Waals surface area contributed by atoms with Crippen molar-refractivity contribution in [1.82, 2.24) is 4.90 Å². The first-order valence-corrected chi connectivity index (χ1v) is 8.44. The van der Waals surface area contributed by atoms with Crippen LogP contribution >= 0.6 is 15.9 Å². The Labute approximate surface area is 150 Å². The minimum Gasteiger partial charge on any atom is -0.496 e. The van der Waals surface area contributed by atoms with E-state index < -0.39 is 0 Å². The van der Waals surface area contributed by atoms with E-state index in [0.717, 1.165) is 20.8 Å². The van der Waals surface area contributed by atoms with Gasteiger partial charge in [-0.1, -0.05) is 52.3 Å². The number of methoxy groups -OCH3 is 1. The maximum Gasteiger partial charge on any atom is 0.257 e. The van der Waals surface area contributed by atoms with Crippen molar-refractivity contribution in [3.8, 4) is 5.75 Å². The number of nitrogens with zero attached hydrogens (tertiary/aromatic N) is 1. The van der Waals surface area contributed by atoms with Crippen LogP contribution in [0.5, 0.6) is 5.75 Å². The van der Waals surface area contributed by atoms with Crippen molar-refractivity contribution in [3.05, 3.63) is 76.3 Å². The van der Waals surface area contributed by atoms with Crippen molar-refractivity contribution in [1.29, 1.82) is 0 Å². The number of carbonyl (C=O) groups excluding carboxylic acids is 1. The lowest BCUT2D eigenvalue weighted by atomic mass is 10.0. The maximum absolute atomic E-state index is 12.9. The summed E-state index contributed by atoms with van der Waals surface area (Å²) in [6, 6.07) is 19.7. The predicted octanol–water partition coefficient (Wildman–Crippen LogP) is 4.88. The average Bonchev–Trinajstić information content (AvgIpc) is 2.61. The van der Waals surface area contributed by atoms with Gasteiger partial charge in [0.05, 0.1) is 12.7 Å². The molecule has 0 aliphatic rings. The van der Waals surface area contributed by atoms with Gasteiger partial charge >= 0.3 is 0 Å². The monoisotopic (exact) mass is 383 g/mol. The number of hydrogen-bond donors (Lipinski definition) is 0. The Morgan fingerprint density at radius 1 is 1.04 bits per heavy atom. The van der Waals surface area contributed by atoms with Crippen molar-refractivity contribution in [2.45, 2.75) is 6.54 Å². The minimum atomic E-state index is -0.0551. The standard InChI is InChI=1S/C20H18BrNO2/c1-22(13-14-7-9-17(21)10-8-14)20(23)18-11-15-5-3-4-6-16(15)12-19(18)24-2/h3-12H,13H2,1-2H3. The van der Waals surface area contributed by atoms with Gasteiger partial charge < -0.3 is 9.64 Å². The number of amides is 1. The molecule has 3 aromatic rings. The lowest BCUT2D eigenvalue weighted by Gasteiger charge is -2.19. The molecule has 0 fully saturated rings. The second-order valence-corrected chi connectivity index (χ2v) is 6.60. The summed E-state index contributed by atoms with van der Waals surface area (Å²) in [5, 5.41) is 2.08. The molecule has 122 valence electrons. The summed E-state index contributed by atoms with van der Waals surface area (Å²) in [7, 11) is 3.40. The predicted molar refractivity (Wildman–Crippen MR) is 100 cm³/mol. The first-order chi connectivity index (χ1) is 11.6. The largest absolute Gasteiger partial charge is 0.496 e. The molecule has 0 aliphatic carbocycles. The molecular formula is C20H18BrNO2. The summed E-state index contributed by atoms with van der Waals surface area (Å²) in [6.45, 7) is 0.544. The number of fused-ring (bicyclic) bond motifs is 1. The molecule has 0 aliphatic heterocycles. The van der Waals surface area contributed by atoms with Crippen LogP contribution in [0, 0.1) is 0 Å². The second kappa shape index (κ2) is 7.05. The van der Waals surface area contributed by atoms with E-state index in [4.69, 9.17) is 4.74 Å². The van der Waals surface area contributed by atoms with Gasteiger partial charge in [-0.25, -0.2) is 0 Å². The topological polar surface area (TPSA) is 29.5 Å². The summed E-state index contributed by atoms with van der Waals surface area (Å²) in [6.07, 6.45) is 0. The van der Waals surface area contributed by atoms with Crippen LogP contribution in [0.2, 0.25) is 0 Å². The molecule has 3 nitrogen and oxygen atoms in total. The van der Waals surface area contributed by atoms with E-state index in [0.29, 0.717) is 17.9 Å². The van der Waals surface area contributed by atoms with Crippen molar-refractivity contribution >= 4 is 32.6 Å². The van der Waals surface area contributed by atoms with E-state index in [1.165, 1.54) is 0 Å². The summed E-state index contributed by atoms with van der Waals surface area (Å²) in [4.78, 5) is 14.6. The average molecular weight is 384 g/mol.